The zero-order valence-electron chi connectivity index (χ0n) is 16.0. The molecule has 0 aliphatic heterocycles. The number of rotatable bonds is 11. The molecule has 6 heteroatoms. The maximum Gasteiger partial charge on any atom is 0.344 e. The summed E-state index contributed by atoms with van der Waals surface area (Å²) >= 11 is 0. The van der Waals surface area contributed by atoms with Crippen LogP contribution in [0.4, 0.5) is 0 Å². The zero-order chi connectivity index (χ0) is 16.7. The first-order valence-electron chi connectivity index (χ1n) is 8.72. The Kier molecular flexibility index (Phi) is 9.54. The van der Waals surface area contributed by atoms with Gasteiger partial charge in [-0.1, -0.05) is 41.5 Å². The average molecular weight is 334 g/mol. The fourth-order valence-electron chi connectivity index (χ4n) is 3.47. The second kappa shape index (κ2) is 9.42. The van der Waals surface area contributed by atoms with Crippen molar-refractivity contribution in [3.05, 3.63) is 0 Å². The summed E-state index contributed by atoms with van der Waals surface area (Å²) in [7, 11) is -3.90. The van der Waals surface area contributed by atoms with Crippen molar-refractivity contribution in [2.45, 2.75) is 61.2 Å². The molecule has 0 atom stereocenters. The molecule has 0 aliphatic rings. The van der Waals surface area contributed by atoms with E-state index in [1.165, 1.54) is 0 Å². The highest BCUT2D eigenvalue weighted by molar-refractivity contribution is 6.81. The third kappa shape index (κ3) is 5.15. The average Bonchev–Trinajstić information content (AvgIpc) is 2.41. The van der Waals surface area contributed by atoms with Gasteiger partial charge in [0.2, 0.25) is 0 Å². The summed E-state index contributed by atoms with van der Waals surface area (Å²) in [4.78, 5) is 0. The summed E-state index contributed by atoms with van der Waals surface area (Å²) in [5.74, 6) is 0. The number of hydrogen-bond acceptors (Lipinski definition) is 4. The van der Waals surface area contributed by atoms with Crippen LogP contribution >= 0.6 is 0 Å². The second-order valence-electron chi connectivity index (χ2n) is 6.00. The van der Waals surface area contributed by atoms with Gasteiger partial charge in [-0.2, -0.15) is 0 Å². The van der Waals surface area contributed by atoms with Crippen molar-refractivity contribution >= 4 is 17.1 Å². The number of hydrogen-bond donors (Lipinski definition) is 0. The fourth-order valence-corrected chi connectivity index (χ4v) is 13.1. The van der Waals surface area contributed by atoms with Crippen molar-refractivity contribution in [2.75, 3.05) is 39.3 Å². The van der Waals surface area contributed by atoms with Gasteiger partial charge in [-0.25, -0.2) is 0 Å². The Balaban J connectivity index is 5.50. The molecule has 0 aliphatic carbocycles. The molecule has 0 amide bonds. The topological polar surface area (TPSA) is 19.0 Å². The van der Waals surface area contributed by atoms with E-state index in [0.717, 1.165) is 39.3 Å². The number of nitrogens with zero attached hydrogens (tertiary/aromatic N) is 3. The van der Waals surface area contributed by atoms with Crippen LogP contribution in [0.25, 0.3) is 0 Å². The van der Waals surface area contributed by atoms with Gasteiger partial charge in [0.15, 0.2) is 0 Å². The van der Waals surface area contributed by atoms with Gasteiger partial charge in [0.1, 0.15) is 0 Å². The Morgan fingerprint density at radius 2 is 0.857 bits per heavy atom. The van der Waals surface area contributed by atoms with Gasteiger partial charge >= 0.3 is 8.64 Å². The highest BCUT2D eigenvalue weighted by Crippen LogP contribution is 2.24. The summed E-state index contributed by atoms with van der Waals surface area (Å²) < 4.78 is 14.7. The Labute approximate surface area is 135 Å². The van der Waals surface area contributed by atoms with E-state index in [4.69, 9.17) is 4.12 Å². The molecule has 0 fully saturated rings. The van der Waals surface area contributed by atoms with Gasteiger partial charge in [-0.05, 0) is 58.9 Å². The largest absolute Gasteiger partial charge is 0.421 e. The predicted molar refractivity (Wildman–Crippen MR) is 98.9 cm³/mol. The maximum atomic E-state index is 7.01. The van der Waals surface area contributed by atoms with E-state index in [2.05, 4.69) is 74.9 Å². The molecule has 0 aromatic rings. The second-order valence-corrected chi connectivity index (χ2v) is 13.5. The van der Waals surface area contributed by atoms with Gasteiger partial charge in [-0.3, -0.25) is 9.13 Å². The summed E-state index contributed by atoms with van der Waals surface area (Å²) in [6.45, 7) is 27.1. The van der Waals surface area contributed by atoms with E-state index in [9.17, 15) is 0 Å². The van der Waals surface area contributed by atoms with Gasteiger partial charge in [-0.15, -0.1) is 0 Å². The molecule has 0 aromatic carbocycles. The minimum Gasteiger partial charge on any atom is -0.421 e. The third-order valence-electron chi connectivity index (χ3n) is 4.67. The molecule has 0 spiro atoms. The molecule has 0 heterocycles. The van der Waals surface area contributed by atoms with Crippen LogP contribution < -0.4 is 0 Å². The molecule has 0 bridgehead atoms. The molecule has 0 saturated heterocycles. The van der Waals surface area contributed by atoms with Gasteiger partial charge in [0, 0.05) is 0 Å². The molecule has 128 valence electrons. The molecule has 0 saturated carbocycles. The summed E-state index contributed by atoms with van der Waals surface area (Å²) in [5.41, 5.74) is 0. The highest BCUT2D eigenvalue weighted by atomic mass is 28.4. The van der Waals surface area contributed by atoms with Gasteiger partial charge < -0.3 is 8.68 Å². The maximum absolute atomic E-state index is 7.01. The smallest absolute Gasteiger partial charge is 0.344 e. The Morgan fingerprint density at radius 1 is 0.571 bits per heavy atom. The van der Waals surface area contributed by atoms with Crippen LogP contribution in [0, 0.1) is 0 Å². The molecule has 0 radical (unpaired) electrons. The lowest BCUT2D eigenvalue weighted by Gasteiger charge is -2.50. The van der Waals surface area contributed by atoms with Gasteiger partial charge in [0.25, 0.3) is 8.48 Å². The molecule has 0 rings (SSSR count). The first-order valence-corrected chi connectivity index (χ1v) is 13.9. The SMILES string of the molecule is CCN(CC)[Si](C)(C)O[Si](C)(N(CC)CC)N(CC)CC. The van der Waals surface area contributed by atoms with E-state index in [1.54, 1.807) is 0 Å². The van der Waals surface area contributed by atoms with Crippen molar-refractivity contribution in [1.29, 1.82) is 0 Å². The van der Waals surface area contributed by atoms with Crippen molar-refractivity contribution in [3.8, 4) is 0 Å². The van der Waals surface area contributed by atoms with E-state index < -0.39 is 17.1 Å². The van der Waals surface area contributed by atoms with E-state index in [1.807, 2.05) is 0 Å². The van der Waals surface area contributed by atoms with Crippen LogP contribution in [0.3, 0.4) is 0 Å². The standard InChI is InChI=1S/C15H39N3OSi2/c1-10-16(11-2)20(7,8)19-21(9,17(12-3)13-4)18(14-5)15-6/h10-15H2,1-9H3. The summed E-state index contributed by atoms with van der Waals surface area (Å²) in [5, 5.41) is 0. The highest BCUT2D eigenvalue weighted by Gasteiger charge is 2.47. The van der Waals surface area contributed by atoms with Crippen LogP contribution in [0.2, 0.25) is 19.6 Å². The van der Waals surface area contributed by atoms with Crippen LogP contribution in [-0.2, 0) is 4.12 Å². The molecule has 0 N–H and O–H groups in total. The first-order chi connectivity index (χ1) is 9.77. The van der Waals surface area contributed by atoms with Crippen molar-refractivity contribution in [3.63, 3.8) is 0 Å². The summed E-state index contributed by atoms with van der Waals surface area (Å²) in [6, 6.07) is 0. The van der Waals surface area contributed by atoms with Crippen LogP contribution in [0.1, 0.15) is 41.5 Å². The van der Waals surface area contributed by atoms with Crippen molar-refractivity contribution < 1.29 is 4.12 Å². The van der Waals surface area contributed by atoms with Crippen molar-refractivity contribution in [1.82, 2.24) is 13.7 Å². The molecular formula is C15H39N3OSi2. The minimum atomic E-state index is -2.05. The Bertz CT molecular complexity index is 266. The summed E-state index contributed by atoms with van der Waals surface area (Å²) in [6.07, 6.45) is 0. The zero-order valence-corrected chi connectivity index (χ0v) is 18.0. The first kappa shape index (κ1) is 21.3. The van der Waals surface area contributed by atoms with E-state index in [0.29, 0.717) is 0 Å². The van der Waals surface area contributed by atoms with Crippen LogP contribution in [0.15, 0.2) is 0 Å². The van der Waals surface area contributed by atoms with E-state index in [-0.39, 0.29) is 0 Å². The molecular weight excluding hydrogens is 294 g/mol. The lowest BCUT2D eigenvalue weighted by molar-refractivity contribution is 0.245. The van der Waals surface area contributed by atoms with Gasteiger partial charge in [0.05, 0.1) is 0 Å². The quantitative estimate of drug-likeness (QED) is 0.540. The normalized spacial score (nSPS) is 13.7. The van der Waals surface area contributed by atoms with Crippen molar-refractivity contribution in [2.24, 2.45) is 0 Å². The van der Waals surface area contributed by atoms with Crippen LogP contribution in [-0.4, -0.2) is 70.1 Å². The third-order valence-corrected chi connectivity index (χ3v) is 14.0. The van der Waals surface area contributed by atoms with E-state index >= 15 is 0 Å². The monoisotopic (exact) mass is 333 g/mol. The molecule has 21 heavy (non-hydrogen) atoms. The lowest BCUT2D eigenvalue weighted by atomic mass is 10.7. The predicted octanol–water partition coefficient (Wildman–Crippen LogP) is 3.30. The minimum absolute atomic E-state index is 1.07. The molecule has 4 nitrogen and oxygen atoms in total. The Morgan fingerprint density at radius 3 is 1.10 bits per heavy atom. The van der Waals surface area contributed by atoms with Crippen LogP contribution in [0.5, 0.6) is 0 Å². The lowest BCUT2D eigenvalue weighted by Crippen LogP contribution is -2.71. The Hall–Kier alpha value is 0.274. The fraction of sp³-hybridized carbons (Fsp3) is 1.00. The molecule has 0 unspecified atom stereocenters. The molecule has 0 aromatic heterocycles.